The first-order valence-electron chi connectivity index (χ1n) is 3.77. The van der Waals surface area contributed by atoms with Crippen molar-refractivity contribution in [3.8, 4) is 0 Å². The molecule has 1 heterocycles. The van der Waals surface area contributed by atoms with Crippen molar-refractivity contribution in [2.45, 2.75) is 6.92 Å². The van der Waals surface area contributed by atoms with Gasteiger partial charge >= 0.3 is 0 Å². The Bertz CT molecular complexity index is 470. The summed E-state index contributed by atoms with van der Waals surface area (Å²) in [5.41, 5.74) is 0.867. The molecule has 0 amide bonds. The van der Waals surface area contributed by atoms with Crippen molar-refractivity contribution in [3.63, 3.8) is 0 Å². The molecule has 2 nitrogen and oxygen atoms in total. The predicted octanol–water partition coefficient (Wildman–Crippen LogP) is 3.35. The molecule has 4 heteroatoms. The van der Waals surface area contributed by atoms with Gasteiger partial charge in [-0.1, -0.05) is 17.7 Å². The quantitative estimate of drug-likeness (QED) is 0.676. The minimum Gasteiger partial charge on any atom is -0.233 e. The van der Waals surface area contributed by atoms with Crippen molar-refractivity contribution in [2.24, 2.45) is 0 Å². The first-order valence-corrected chi connectivity index (χ1v) is 4.94. The van der Waals surface area contributed by atoms with E-state index in [1.807, 2.05) is 25.1 Å². The number of benzene rings is 1. The van der Waals surface area contributed by atoms with Crippen LogP contribution in [0, 0.1) is 6.92 Å². The second-order valence-corrected chi connectivity index (χ2v) is 3.85. The lowest BCUT2D eigenvalue weighted by Crippen LogP contribution is -1.90. The average molecular weight is 258 g/mol. The van der Waals surface area contributed by atoms with Crippen molar-refractivity contribution < 1.29 is 0 Å². The van der Waals surface area contributed by atoms with Crippen molar-refractivity contribution >= 4 is 38.4 Å². The van der Waals surface area contributed by atoms with E-state index in [9.17, 15) is 0 Å². The van der Waals surface area contributed by atoms with Crippen LogP contribution in [0.5, 0.6) is 0 Å². The number of hydrogen-bond donors (Lipinski definition) is 0. The van der Waals surface area contributed by atoms with Crippen LogP contribution in [0.15, 0.2) is 22.8 Å². The van der Waals surface area contributed by atoms with Gasteiger partial charge in [0.2, 0.25) is 0 Å². The van der Waals surface area contributed by atoms with Crippen molar-refractivity contribution in [2.75, 3.05) is 0 Å². The fourth-order valence-electron chi connectivity index (χ4n) is 1.21. The van der Waals surface area contributed by atoms with Gasteiger partial charge in [-0.25, -0.2) is 9.97 Å². The molecule has 0 fully saturated rings. The van der Waals surface area contributed by atoms with Crippen LogP contribution in [0.25, 0.3) is 10.9 Å². The topological polar surface area (TPSA) is 25.8 Å². The highest BCUT2D eigenvalue weighted by Gasteiger charge is 2.05. The number of halogens is 2. The Morgan fingerprint density at radius 3 is 2.85 bits per heavy atom. The lowest BCUT2D eigenvalue weighted by molar-refractivity contribution is 1.07. The van der Waals surface area contributed by atoms with Crippen LogP contribution < -0.4 is 0 Å². The first kappa shape index (κ1) is 8.91. The van der Waals surface area contributed by atoms with Crippen LogP contribution in [0.3, 0.4) is 0 Å². The number of rotatable bonds is 0. The zero-order valence-corrected chi connectivity index (χ0v) is 9.22. The van der Waals surface area contributed by atoms with E-state index in [1.54, 1.807) is 0 Å². The highest BCUT2D eigenvalue weighted by molar-refractivity contribution is 9.10. The number of aromatic nitrogens is 2. The standard InChI is InChI=1S/C9H6BrClN2/c1-5-12-7-4-2-3-6(11)8(7)9(10)13-5/h2-4H,1H3. The molecule has 0 bridgehead atoms. The van der Waals surface area contributed by atoms with Crippen LogP contribution in [0.4, 0.5) is 0 Å². The number of aryl methyl sites for hydroxylation is 1. The van der Waals surface area contributed by atoms with Crippen LogP contribution in [-0.2, 0) is 0 Å². The molecule has 2 aromatic rings. The van der Waals surface area contributed by atoms with Crippen LogP contribution in [0.2, 0.25) is 5.02 Å². The third-order valence-corrected chi connectivity index (χ3v) is 2.63. The SMILES string of the molecule is Cc1nc(Br)c2c(Cl)cccc2n1. The molecule has 0 N–H and O–H groups in total. The van der Waals surface area contributed by atoms with E-state index in [0.29, 0.717) is 5.02 Å². The molecule has 0 spiro atoms. The second kappa shape index (κ2) is 3.24. The summed E-state index contributed by atoms with van der Waals surface area (Å²) >= 11 is 9.37. The van der Waals surface area contributed by atoms with Crippen molar-refractivity contribution in [1.29, 1.82) is 0 Å². The summed E-state index contributed by atoms with van der Waals surface area (Å²) in [5.74, 6) is 0.738. The molecule has 2 rings (SSSR count). The molecular weight excluding hydrogens is 251 g/mol. The molecule has 0 saturated heterocycles. The first-order chi connectivity index (χ1) is 6.18. The minimum atomic E-state index is 0.671. The molecule has 0 aliphatic carbocycles. The number of nitrogens with zero attached hydrogens (tertiary/aromatic N) is 2. The van der Waals surface area contributed by atoms with E-state index in [0.717, 1.165) is 21.3 Å². The van der Waals surface area contributed by atoms with Crippen LogP contribution in [-0.4, -0.2) is 9.97 Å². The maximum atomic E-state index is 6.00. The maximum absolute atomic E-state index is 6.00. The van der Waals surface area contributed by atoms with E-state index >= 15 is 0 Å². The van der Waals surface area contributed by atoms with Gasteiger partial charge < -0.3 is 0 Å². The second-order valence-electron chi connectivity index (χ2n) is 2.70. The highest BCUT2D eigenvalue weighted by atomic mass is 79.9. The van der Waals surface area contributed by atoms with E-state index in [2.05, 4.69) is 25.9 Å². The van der Waals surface area contributed by atoms with Gasteiger partial charge in [0.15, 0.2) is 0 Å². The Morgan fingerprint density at radius 2 is 2.08 bits per heavy atom. The molecule has 0 unspecified atom stereocenters. The largest absolute Gasteiger partial charge is 0.233 e. The Morgan fingerprint density at radius 1 is 1.31 bits per heavy atom. The summed E-state index contributed by atoms with van der Waals surface area (Å²) < 4.78 is 0.751. The molecule has 66 valence electrons. The summed E-state index contributed by atoms with van der Waals surface area (Å²) in [7, 11) is 0. The normalized spacial score (nSPS) is 10.7. The average Bonchev–Trinajstić information content (AvgIpc) is 2.02. The van der Waals surface area contributed by atoms with Gasteiger partial charge in [0.05, 0.1) is 15.9 Å². The third-order valence-electron chi connectivity index (χ3n) is 1.74. The summed E-state index contributed by atoms with van der Waals surface area (Å²) in [6.07, 6.45) is 0. The Labute approximate surface area is 89.1 Å². The van der Waals surface area contributed by atoms with Gasteiger partial charge in [-0.05, 0) is 35.0 Å². The van der Waals surface area contributed by atoms with Gasteiger partial charge in [-0.2, -0.15) is 0 Å². The molecular formula is C9H6BrClN2. The van der Waals surface area contributed by atoms with E-state index in [1.165, 1.54) is 0 Å². The minimum absolute atomic E-state index is 0.671. The van der Waals surface area contributed by atoms with Crippen LogP contribution in [0.1, 0.15) is 5.82 Å². The smallest absolute Gasteiger partial charge is 0.127 e. The fourth-order valence-corrected chi connectivity index (χ4v) is 2.25. The van der Waals surface area contributed by atoms with E-state index < -0.39 is 0 Å². The number of hydrogen-bond acceptors (Lipinski definition) is 2. The molecule has 0 aliphatic heterocycles. The Balaban J connectivity index is 2.94. The molecule has 0 radical (unpaired) electrons. The molecule has 13 heavy (non-hydrogen) atoms. The zero-order valence-electron chi connectivity index (χ0n) is 6.88. The molecule has 0 saturated carbocycles. The Hall–Kier alpha value is -0.670. The zero-order chi connectivity index (χ0) is 9.42. The highest BCUT2D eigenvalue weighted by Crippen LogP contribution is 2.27. The predicted molar refractivity (Wildman–Crippen MR) is 57.0 cm³/mol. The summed E-state index contributed by atoms with van der Waals surface area (Å²) in [4.78, 5) is 8.46. The lowest BCUT2D eigenvalue weighted by atomic mass is 10.2. The monoisotopic (exact) mass is 256 g/mol. The van der Waals surface area contributed by atoms with Gasteiger partial charge in [0, 0.05) is 0 Å². The Kier molecular flexibility index (Phi) is 2.22. The van der Waals surface area contributed by atoms with E-state index in [4.69, 9.17) is 11.6 Å². The lowest BCUT2D eigenvalue weighted by Gasteiger charge is -2.02. The molecule has 0 atom stereocenters. The van der Waals surface area contributed by atoms with Gasteiger partial charge in [0.25, 0.3) is 0 Å². The van der Waals surface area contributed by atoms with E-state index in [-0.39, 0.29) is 0 Å². The van der Waals surface area contributed by atoms with Crippen molar-refractivity contribution in [3.05, 3.63) is 33.6 Å². The van der Waals surface area contributed by atoms with Gasteiger partial charge in [-0.15, -0.1) is 0 Å². The summed E-state index contributed by atoms with van der Waals surface area (Å²) in [6.45, 7) is 1.85. The van der Waals surface area contributed by atoms with Crippen molar-refractivity contribution in [1.82, 2.24) is 9.97 Å². The van der Waals surface area contributed by atoms with Gasteiger partial charge in [0.1, 0.15) is 10.4 Å². The fraction of sp³-hybridized carbons (Fsp3) is 0.111. The summed E-state index contributed by atoms with van der Waals surface area (Å²) in [6, 6.07) is 5.62. The maximum Gasteiger partial charge on any atom is 0.127 e. The summed E-state index contributed by atoms with van der Waals surface area (Å²) in [5, 5.41) is 1.54. The number of fused-ring (bicyclic) bond motifs is 1. The molecule has 1 aromatic carbocycles. The molecule has 1 aromatic heterocycles. The third kappa shape index (κ3) is 1.54. The van der Waals surface area contributed by atoms with Gasteiger partial charge in [-0.3, -0.25) is 0 Å². The van der Waals surface area contributed by atoms with Crippen LogP contribution >= 0.6 is 27.5 Å². The molecule has 0 aliphatic rings.